The predicted octanol–water partition coefficient (Wildman–Crippen LogP) is 6.63. The van der Waals surface area contributed by atoms with E-state index in [0.29, 0.717) is 11.8 Å². The van der Waals surface area contributed by atoms with Gasteiger partial charge >= 0.3 is 0 Å². The molecule has 2 unspecified atom stereocenters. The molecule has 0 aliphatic carbocycles. The van der Waals surface area contributed by atoms with E-state index in [1.54, 1.807) is 0 Å². The molecule has 3 nitrogen and oxygen atoms in total. The minimum absolute atomic E-state index is 0.189. The molecule has 140 valence electrons. The lowest BCUT2D eigenvalue weighted by molar-refractivity contribution is -0.322. The molecule has 0 spiro atoms. The lowest BCUT2D eigenvalue weighted by atomic mass is 9.70. The van der Waals surface area contributed by atoms with Crippen molar-refractivity contribution in [3.05, 3.63) is 54.8 Å². The molecular weight excluding hydrogens is 312 g/mol. The second kappa shape index (κ2) is 10.3. The van der Waals surface area contributed by atoms with E-state index in [-0.39, 0.29) is 5.41 Å². The molecule has 2 atom stereocenters. The zero-order valence-electron chi connectivity index (χ0n) is 16.6. The van der Waals surface area contributed by atoms with Crippen molar-refractivity contribution in [3.8, 4) is 5.75 Å². The van der Waals surface area contributed by atoms with E-state index in [0.717, 1.165) is 18.6 Å². The third-order valence-corrected chi connectivity index (χ3v) is 4.00. The number of rotatable bonds is 10. The van der Waals surface area contributed by atoms with E-state index < -0.39 is 6.29 Å². The smallest absolute Gasteiger partial charge is 0.239 e. The average molecular weight is 347 g/mol. The first-order valence-corrected chi connectivity index (χ1v) is 9.10. The van der Waals surface area contributed by atoms with E-state index in [2.05, 4.69) is 53.3 Å². The number of ether oxygens (including phenoxy) is 1. The first-order chi connectivity index (χ1) is 11.8. The van der Waals surface area contributed by atoms with E-state index in [1.807, 2.05) is 31.2 Å². The van der Waals surface area contributed by atoms with E-state index >= 15 is 0 Å². The summed E-state index contributed by atoms with van der Waals surface area (Å²) in [5.41, 5.74) is 1.48. The average Bonchev–Trinajstić information content (AvgIpc) is 2.49. The maximum Gasteiger partial charge on any atom is 0.239 e. The number of hydrogen-bond donors (Lipinski definition) is 0. The van der Waals surface area contributed by atoms with Gasteiger partial charge in [0.05, 0.1) is 0 Å². The molecule has 0 N–H and O–H groups in total. The molecule has 0 saturated heterocycles. The molecule has 0 amide bonds. The molecule has 0 saturated carbocycles. The van der Waals surface area contributed by atoms with Crippen LogP contribution in [0.15, 0.2) is 49.3 Å². The molecule has 1 aromatic carbocycles. The third kappa shape index (κ3) is 7.78. The van der Waals surface area contributed by atoms with Gasteiger partial charge in [0.2, 0.25) is 6.29 Å². The van der Waals surface area contributed by atoms with Gasteiger partial charge in [-0.05, 0) is 53.9 Å². The summed E-state index contributed by atoms with van der Waals surface area (Å²) in [7, 11) is 0. The van der Waals surface area contributed by atoms with Gasteiger partial charge in [0.1, 0.15) is 12.0 Å². The monoisotopic (exact) mass is 346 g/mol. The Kier molecular flexibility index (Phi) is 8.77. The Labute approximate surface area is 153 Å². The van der Waals surface area contributed by atoms with Crippen molar-refractivity contribution in [2.75, 3.05) is 0 Å². The summed E-state index contributed by atoms with van der Waals surface area (Å²) in [4.78, 5) is 10.3. The Bertz CT molecular complexity index is 540. The maximum atomic E-state index is 5.83. The van der Waals surface area contributed by atoms with Crippen LogP contribution in [0.5, 0.6) is 5.75 Å². The molecule has 0 aliphatic heterocycles. The van der Waals surface area contributed by atoms with Gasteiger partial charge in [-0.2, -0.15) is 0 Å². The predicted molar refractivity (Wildman–Crippen MR) is 104 cm³/mol. The molecule has 3 heteroatoms. The molecule has 0 fully saturated rings. The lowest BCUT2D eigenvalue weighted by Gasteiger charge is -2.34. The largest absolute Gasteiger partial charge is 0.461 e. The van der Waals surface area contributed by atoms with Crippen molar-refractivity contribution in [2.45, 2.75) is 66.6 Å². The van der Waals surface area contributed by atoms with Crippen LogP contribution in [-0.4, -0.2) is 6.29 Å². The highest BCUT2D eigenvalue weighted by atomic mass is 17.2. The van der Waals surface area contributed by atoms with Crippen molar-refractivity contribution in [2.24, 2.45) is 11.3 Å². The summed E-state index contributed by atoms with van der Waals surface area (Å²) < 4.78 is 5.83. The minimum atomic E-state index is -0.494. The van der Waals surface area contributed by atoms with E-state index in [9.17, 15) is 0 Å². The molecule has 0 bridgehead atoms. The molecule has 25 heavy (non-hydrogen) atoms. The normalized spacial score (nSPS) is 14.5. The Morgan fingerprint density at radius 2 is 1.84 bits per heavy atom. The first-order valence-electron chi connectivity index (χ1n) is 9.10. The summed E-state index contributed by atoms with van der Waals surface area (Å²) in [6.07, 6.45) is 6.61. The van der Waals surface area contributed by atoms with Crippen LogP contribution in [0.1, 0.15) is 65.9 Å². The van der Waals surface area contributed by atoms with E-state index in [4.69, 9.17) is 14.5 Å². The quantitative estimate of drug-likeness (QED) is 0.119. The summed E-state index contributed by atoms with van der Waals surface area (Å²) >= 11 is 0. The van der Waals surface area contributed by atoms with Crippen LogP contribution in [0.4, 0.5) is 0 Å². The van der Waals surface area contributed by atoms with Crippen LogP contribution in [0, 0.1) is 11.3 Å². The van der Waals surface area contributed by atoms with Gasteiger partial charge < -0.3 is 9.62 Å². The second-order valence-electron chi connectivity index (χ2n) is 7.78. The van der Waals surface area contributed by atoms with Gasteiger partial charge in [0.25, 0.3) is 0 Å². The van der Waals surface area contributed by atoms with Gasteiger partial charge in [-0.1, -0.05) is 52.8 Å². The molecule has 1 rings (SSSR count). The summed E-state index contributed by atoms with van der Waals surface area (Å²) in [5.74, 6) is 1.79. The van der Waals surface area contributed by atoms with Gasteiger partial charge in [-0.15, -0.1) is 11.5 Å². The molecule has 0 aromatic heterocycles. The van der Waals surface area contributed by atoms with Crippen molar-refractivity contribution in [1.29, 1.82) is 0 Å². The van der Waals surface area contributed by atoms with Crippen LogP contribution < -0.4 is 4.74 Å². The van der Waals surface area contributed by atoms with Crippen molar-refractivity contribution < 1.29 is 14.5 Å². The molecule has 0 heterocycles. The zero-order valence-corrected chi connectivity index (χ0v) is 16.6. The number of unbranched alkanes of at least 4 members (excludes halogenated alkanes) is 1. The molecule has 0 aliphatic rings. The fraction of sp³-hybridized carbons (Fsp3) is 0.545. The van der Waals surface area contributed by atoms with Gasteiger partial charge in [-0.25, -0.2) is 0 Å². The van der Waals surface area contributed by atoms with Crippen LogP contribution in [-0.2, 0) is 9.78 Å². The van der Waals surface area contributed by atoms with E-state index in [1.165, 1.54) is 11.8 Å². The van der Waals surface area contributed by atoms with Gasteiger partial charge in [0.15, 0.2) is 0 Å². The first kappa shape index (κ1) is 21.3. The number of benzene rings is 1. The number of allylic oxidation sites excluding steroid dienone is 2. The fourth-order valence-corrected chi connectivity index (χ4v) is 3.31. The number of hydrogen-bond acceptors (Lipinski definition) is 3. The third-order valence-electron chi connectivity index (χ3n) is 4.00. The Balaban J connectivity index is 2.65. The zero-order chi connectivity index (χ0) is 18.9. The molecule has 0 radical (unpaired) electrons. The lowest BCUT2D eigenvalue weighted by Crippen LogP contribution is -2.23. The second-order valence-corrected chi connectivity index (χ2v) is 7.78. The Morgan fingerprint density at radius 1 is 1.12 bits per heavy atom. The summed E-state index contributed by atoms with van der Waals surface area (Å²) in [6.45, 7) is 16.9. The maximum absolute atomic E-state index is 5.83. The minimum Gasteiger partial charge on any atom is -0.461 e. The van der Waals surface area contributed by atoms with Crippen molar-refractivity contribution in [1.82, 2.24) is 0 Å². The highest BCUT2D eigenvalue weighted by Gasteiger charge is 2.29. The fourth-order valence-electron chi connectivity index (χ4n) is 3.31. The standard InChI is InChI=1S/C22H34O3/c1-8-9-10-11-15-23-25-18(4)24-20-14-12-13-19(16-20)21(17(2)3)22(5,6)7/h8,11-18,21H,1,9-10H2,2-7H3. The highest BCUT2D eigenvalue weighted by molar-refractivity contribution is 5.32. The molecular formula is C22H34O3. The highest BCUT2D eigenvalue weighted by Crippen LogP contribution is 2.41. The summed E-state index contributed by atoms with van der Waals surface area (Å²) in [6, 6.07) is 8.26. The van der Waals surface area contributed by atoms with Crippen molar-refractivity contribution >= 4 is 0 Å². The SMILES string of the molecule is C=CCCC=COOC(C)Oc1cccc(C(C(C)C)C(C)(C)C)c1. The van der Waals surface area contributed by atoms with Crippen LogP contribution in [0.2, 0.25) is 0 Å². The summed E-state index contributed by atoms with van der Waals surface area (Å²) in [5, 5.41) is 0. The Hall–Kier alpha value is -1.74. The van der Waals surface area contributed by atoms with Gasteiger partial charge in [-0.3, -0.25) is 0 Å². The van der Waals surface area contributed by atoms with Gasteiger partial charge in [0, 0.05) is 6.92 Å². The van der Waals surface area contributed by atoms with Crippen LogP contribution in [0.25, 0.3) is 0 Å². The van der Waals surface area contributed by atoms with Crippen LogP contribution >= 0.6 is 0 Å². The van der Waals surface area contributed by atoms with Crippen LogP contribution in [0.3, 0.4) is 0 Å². The van der Waals surface area contributed by atoms with Crippen molar-refractivity contribution in [3.63, 3.8) is 0 Å². The molecule has 1 aromatic rings. The topological polar surface area (TPSA) is 27.7 Å². The Morgan fingerprint density at radius 3 is 2.44 bits per heavy atom.